The van der Waals surface area contributed by atoms with Gasteiger partial charge in [0.1, 0.15) is 11.5 Å². The van der Waals surface area contributed by atoms with Crippen LogP contribution in [0.3, 0.4) is 0 Å². The second-order valence-electron chi connectivity index (χ2n) is 8.31. The third-order valence-corrected chi connectivity index (χ3v) is 5.40. The lowest BCUT2D eigenvalue weighted by Crippen LogP contribution is -2.40. The minimum Gasteiger partial charge on any atom is -0.496 e. The Hall–Kier alpha value is -2.69. The number of hydrogen-bond acceptors (Lipinski definition) is 3. The van der Waals surface area contributed by atoms with Crippen molar-refractivity contribution in [3.8, 4) is 22.6 Å². The Bertz CT molecular complexity index is 856. The van der Waals surface area contributed by atoms with Gasteiger partial charge in [0.15, 0.2) is 0 Å². The minimum absolute atomic E-state index is 0.131. The van der Waals surface area contributed by atoms with Gasteiger partial charge in [-0.2, -0.15) is 0 Å². The molecule has 28 heavy (non-hydrogen) atoms. The van der Waals surface area contributed by atoms with Gasteiger partial charge in [-0.3, -0.25) is 0 Å². The largest absolute Gasteiger partial charge is 0.496 e. The zero-order valence-corrected chi connectivity index (χ0v) is 17.2. The van der Waals surface area contributed by atoms with Crippen molar-refractivity contribution in [2.75, 3.05) is 7.11 Å². The molecule has 1 atom stereocenters. The number of amides is 1. The fourth-order valence-electron chi connectivity index (χ4n) is 3.92. The standard InChI is InChI=1S/C23H29NO4/c1-14(2)28-17-8-6-15(7-9-17)18-12-16-10-11-23(3,4)21(24-22(25)26)19(16)13-20(18)27-5/h6-9,12-14,21,24H,10-11H2,1-5H3,(H,25,26)/t21-/m1/s1. The Morgan fingerprint density at radius 1 is 1.21 bits per heavy atom. The van der Waals surface area contributed by atoms with E-state index in [1.807, 2.05) is 44.2 Å². The summed E-state index contributed by atoms with van der Waals surface area (Å²) in [5.74, 6) is 1.58. The van der Waals surface area contributed by atoms with Crippen LogP contribution >= 0.6 is 0 Å². The predicted octanol–water partition coefficient (Wildman–Crippen LogP) is 5.43. The summed E-state index contributed by atoms with van der Waals surface area (Å²) in [5, 5.41) is 12.0. The van der Waals surface area contributed by atoms with Gasteiger partial charge in [-0.15, -0.1) is 0 Å². The summed E-state index contributed by atoms with van der Waals surface area (Å²) in [6.45, 7) is 8.21. The molecule has 0 radical (unpaired) electrons. The van der Waals surface area contributed by atoms with E-state index in [9.17, 15) is 9.90 Å². The topological polar surface area (TPSA) is 67.8 Å². The minimum atomic E-state index is -1.00. The van der Waals surface area contributed by atoms with Crippen molar-refractivity contribution in [2.24, 2.45) is 5.41 Å². The molecule has 0 fully saturated rings. The molecule has 0 saturated heterocycles. The second-order valence-corrected chi connectivity index (χ2v) is 8.31. The van der Waals surface area contributed by atoms with E-state index < -0.39 is 6.09 Å². The molecule has 0 heterocycles. The van der Waals surface area contributed by atoms with Gasteiger partial charge in [0.2, 0.25) is 0 Å². The summed E-state index contributed by atoms with van der Waals surface area (Å²) in [6.07, 6.45) is 0.949. The number of hydrogen-bond donors (Lipinski definition) is 2. The maximum absolute atomic E-state index is 11.4. The summed E-state index contributed by atoms with van der Waals surface area (Å²) in [5.41, 5.74) is 4.05. The van der Waals surface area contributed by atoms with Gasteiger partial charge >= 0.3 is 6.09 Å². The van der Waals surface area contributed by atoms with Crippen LogP contribution in [-0.2, 0) is 6.42 Å². The second kappa shape index (κ2) is 7.74. The quantitative estimate of drug-likeness (QED) is 0.722. The summed E-state index contributed by atoms with van der Waals surface area (Å²) < 4.78 is 11.4. The van der Waals surface area contributed by atoms with Crippen LogP contribution < -0.4 is 14.8 Å². The molecule has 0 aromatic heterocycles. The number of nitrogens with one attached hydrogen (secondary N) is 1. The molecule has 5 nitrogen and oxygen atoms in total. The SMILES string of the molecule is COc1cc2c(cc1-c1ccc(OC(C)C)cc1)CCC(C)(C)[C@@H]2NC(=O)O. The van der Waals surface area contributed by atoms with Crippen LogP contribution in [0.15, 0.2) is 36.4 Å². The van der Waals surface area contributed by atoms with E-state index in [-0.39, 0.29) is 17.6 Å². The molecular formula is C23H29NO4. The van der Waals surface area contributed by atoms with E-state index in [2.05, 4.69) is 25.2 Å². The van der Waals surface area contributed by atoms with Crippen LogP contribution in [0, 0.1) is 5.41 Å². The van der Waals surface area contributed by atoms with Gasteiger partial charge in [0.05, 0.1) is 19.3 Å². The van der Waals surface area contributed by atoms with Crippen molar-refractivity contribution in [2.45, 2.75) is 52.7 Å². The van der Waals surface area contributed by atoms with Crippen LogP contribution in [0.1, 0.15) is 51.3 Å². The summed E-state index contributed by atoms with van der Waals surface area (Å²) >= 11 is 0. The number of carbonyl (C=O) groups is 1. The van der Waals surface area contributed by atoms with E-state index in [1.165, 1.54) is 0 Å². The van der Waals surface area contributed by atoms with Crippen molar-refractivity contribution in [3.05, 3.63) is 47.5 Å². The molecule has 3 rings (SSSR count). The Balaban J connectivity index is 2.02. The Morgan fingerprint density at radius 2 is 1.89 bits per heavy atom. The predicted molar refractivity (Wildman–Crippen MR) is 110 cm³/mol. The van der Waals surface area contributed by atoms with Gasteiger partial charge in [-0.1, -0.05) is 26.0 Å². The number of rotatable bonds is 5. The normalized spacial score (nSPS) is 17.7. The Labute approximate surface area is 166 Å². The maximum atomic E-state index is 11.4. The smallest absolute Gasteiger partial charge is 0.405 e. The molecule has 2 aromatic rings. The van der Waals surface area contributed by atoms with E-state index in [0.29, 0.717) is 0 Å². The van der Waals surface area contributed by atoms with Crippen molar-refractivity contribution in [3.63, 3.8) is 0 Å². The molecule has 0 spiro atoms. The van der Waals surface area contributed by atoms with Crippen LogP contribution in [0.25, 0.3) is 11.1 Å². The number of benzene rings is 2. The molecule has 0 bridgehead atoms. The lowest BCUT2D eigenvalue weighted by Gasteiger charge is -2.40. The average molecular weight is 383 g/mol. The first-order valence-electron chi connectivity index (χ1n) is 9.68. The Morgan fingerprint density at radius 3 is 2.46 bits per heavy atom. The van der Waals surface area contributed by atoms with Crippen molar-refractivity contribution >= 4 is 6.09 Å². The molecule has 1 aliphatic rings. The van der Waals surface area contributed by atoms with E-state index in [1.54, 1.807) is 7.11 Å². The fraction of sp³-hybridized carbons (Fsp3) is 0.435. The van der Waals surface area contributed by atoms with E-state index in [0.717, 1.165) is 46.6 Å². The van der Waals surface area contributed by atoms with Crippen molar-refractivity contribution < 1.29 is 19.4 Å². The summed E-state index contributed by atoms with van der Waals surface area (Å²) in [7, 11) is 1.65. The first-order valence-corrected chi connectivity index (χ1v) is 9.68. The summed E-state index contributed by atoms with van der Waals surface area (Å²) in [4.78, 5) is 11.4. The number of fused-ring (bicyclic) bond motifs is 1. The Kier molecular flexibility index (Phi) is 5.54. The highest BCUT2D eigenvalue weighted by Crippen LogP contribution is 2.46. The molecule has 150 valence electrons. The van der Waals surface area contributed by atoms with Crippen LogP contribution in [-0.4, -0.2) is 24.4 Å². The van der Waals surface area contributed by atoms with Crippen molar-refractivity contribution in [1.29, 1.82) is 0 Å². The zero-order chi connectivity index (χ0) is 20.5. The lowest BCUT2D eigenvalue weighted by molar-refractivity contribution is 0.161. The highest BCUT2D eigenvalue weighted by atomic mass is 16.5. The fourth-order valence-corrected chi connectivity index (χ4v) is 3.92. The lowest BCUT2D eigenvalue weighted by atomic mass is 9.70. The number of carboxylic acid groups (broad SMARTS) is 1. The molecule has 1 amide bonds. The number of methoxy groups -OCH3 is 1. The molecule has 0 aliphatic heterocycles. The summed E-state index contributed by atoms with van der Waals surface area (Å²) in [6, 6.07) is 11.9. The molecule has 1 aliphatic carbocycles. The molecule has 2 N–H and O–H groups in total. The highest BCUT2D eigenvalue weighted by molar-refractivity contribution is 5.73. The van der Waals surface area contributed by atoms with E-state index >= 15 is 0 Å². The number of ether oxygens (including phenoxy) is 2. The van der Waals surface area contributed by atoms with E-state index in [4.69, 9.17) is 9.47 Å². The first kappa shape index (κ1) is 20.1. The van der Waals surface area contributed by atoms with Crippen LogP contribution in [0.4, 0.5) is 4.79 Å². The third kappa shape index (κ3) is 4.08. The highest BCUT2D eigenvalue weighted by Gasteiger charge is 2.37. The molecule has 0 saturated carbocycles. The zero-order valence-electron chi connectivity index (χ0n) is 17.2. The molecule has 5 heteroatoms. The molecular weight excluding hydrogens is 354 g/mol. The molecule has 0 unspecified atom stereocenters. The average Bonchev–Trinajstić information content (AvgIpc) is 2.63. The first-order chi connectivity index (χ1) is 13.2. The van der Waals surface area contributed by atoms with Gasteiger partial charge in [0.25, 0.3) is 0 Å². The third-order valence-electron chi connectivity index (χ3n) is 5.40. The molecule has 2 aromatic carbocycles. The van der Waals surface area contributed by atoms with Gasteiger partial charge < -0.3 is 19.9 Å². The van der Waals surface area contributed by atoms with Crippen LogP contribution in [0.5, 0.6) is 11.5 Å². The van der Waals surface area contributed by atoms with Gasteiger partial charge in [-0.05, 0) is 73.1 Å². The monoisotopic (exact) mass is 383 g/mol. The maximum Gasteiger partial charge on any atom is 0.405 e. The van der Waals surface area contributed by atoms with Gasteiger partial charge in [0, 0.05) is 5.56 Å². The van der Waals surface area contributed by atoms with Crippen molar-refractivity contribution in [1.82, 2.24) is 5.32 Å². The van der Waals surface area contributed by atoms with Gasteiger partial charge in [-0.25, -0.2) is 4.79 Å². The van der Waals surface area contributed by atoms with Crippen LogP contribution in [0.2, 0.25) is 0 Å². The number of aryl methyl sites for hydroxylation is 1.